The maximum absolute atomic E-state index is 13.5. The predicted molar refractivity (Wildman–Crippen MR) is 81.0 cm³/mol. The number of hydrogen-bond donors (Lipinski definition) is 1. The largest absolute Gasteiger partial charge is 0.303 e. The number of rotatable bonds is 6. The molecular formula is C15H22F2N2O2S. The normalized spacial score (nSPS) is 20.2. The Hall–Kier alpha value is -1.05. The van der Waals surface area contributed by atoms with Crippen molar-refractivity contribution in [2.75, 3.05) is 26.2 Å². The summed E-state index contributed by atoms with van der Waals surface area (Å²) in [6, 6.07) is 2.41. The average Bonchev–Trinajstić information content (AvgIpc) is 2.46. The Labute approximate surface area is 130 Å². The number of sulfonamides is 1. The molecule has 0 saturated carbocycles. The molecule has 0 bridgehead atoms. The molecule has 124 valence electrons. The highest BCUT2D eigenvalue weighted by atomic mass is 32.2. The fourth-order valence-corrected chi connectivity index (χ4v) is 3.92. The van der Waals surface area contributed by atoms with Gasteiger partial charge in [-0.15, -0.1) is 0 Å². The van der Waals surface area contributed by atoms with E-state index in [1.165, 1.54) is 12.8 Å². The minimum Gasteiger partial charge on any atom is -0.303 e. The monoisotopic (exact) mass is 332 g/mol. The smallest absolute Gasteiger partial charge is 0.243 e. The number of benzene rings is 1. The lowest BCUT2D eigenvalue weighted by molar-refractivity contribution is 0.182. The van der Waals surface area contributed by atoms with Gasteiger partial charge < -0.3 is 4.90 Å². The average molecular weight is 332 g/mol. The molecule has 4 nitrogen and oxygen atoms in total. The SMILES string of the molecule is C[C@H]1CCCN(CCCNS(=O)(=O)c2cc(F)ccc2F)C1. The van der Waals surface area contributed by atoms with Crippen molar-refractivity contribution in [3.8, 4) is 0 Å². The van der Waals surface area contributed by atoms with E-state index in [9.17, 15) is 17.2 Å². The van der Waals surface area contributed by atoms with Crippen molar-refractivity contribution in [3.63, 3.8) is 0 Å². The predicted octanol–water partition coefficient (Wildman–Crippen LogP) is 2.37. The van der Waals surface area contributed by atoms with Crippen LogP contribution in [0.2, 0.25) is 0 Å². The zero-order valence-electron chi connectivity index (χ0n) is 12.7. The number of nitrogens with zero attached hydrogens (tertiary/aromatic N) is 1. The van der Waals surface area contributed by atoms with Crippen LogP contribution in [-0.4, -0.2) is 39.5 Å². The molecule has 2 rings (SSSR count). The van der Waals surface area contributed by atoms with E-state index < -0.39 is 26.6 Å². The highest BCUT2D eigenvalue weighted by molar-refractivity contribution is 7.89. The Morgan fingerprint density at radius 1 is 1.36 bits per heavy atom. The molecule has 1 aromatic rings. The van der Waals surface area contributed by atoms with Crippen LogP contribution in [0.5, 0.6) is 0 Å². The van der Waals surface area contributed by atoms with E-state index in [0.717, 1.165) is 31.8 Å². The molecule has 0 spiro atoms. The molecule has 1 saturated heterocycles. The van der Waals surface area contributed by atoms with Crippen molar-refractivity contribution in [1.29, 1.82) is 0 Å². The number of piperidine rings is 1. The topological polar surface area (TPSA) is 49.4 Å². The summed E-state index contributed by atoms with van der Waals surface area (Å²) in [6.45, 7) is 5.30. The van der Waals surface area contributed by atoms with E-state index >= 15 is 0 Å². The number of hydrogen-bond acceptors (Lipinski definition) is 3. The lowest BCUT2D eigenvalue weighted by Gasteiger charge is -2.30. The van der Waals surface area contributed by atoms with E-state index in [-0.39, 0.29) is 6.54 Å². The summed E-state index contributed by atoms with van der Waals surface area (Å²) in [5.41, 5.74) is 0. The van der Waals surface area contributed by atoms with Gasteiger partial charge in [0.15, 0.2) is 0 Å². The summed E-state index contributed by atoms with van der Waals surface area (Å²) in [6.07, 6.45) is 3.05. The van der Waals surface area contributed by atoms with Crippen LogP contribution in [-0.2, 0) is 10.0 Å². The van der Waals surface area contributed by atoms with Crippen LogP contribution in [0, 0.1) is 17.6 Å². The van der Waals surface area contributed by atoms with Crippen molar-refractivity contribution >= 4 is 10.0 Å². The molecule has 1 aliphatic rings. The van der Waals surface area contributed by atoms with E-state index in [4.69, 9.17) is 0 Å². The van der Waals surface area contributed by atoms with Crippen LogP contribution in [0.4, 0.5) is 8.78 Å². The van der Waals surface area contributed by atoms with Crippen LogP contribution in [0.3, 0.4) is 0 Å². The fraction of sp³-hybridized carbons (Fsp3) is 0.600. The molecule has 0 aromatic heterocycles. The lowest BCUT2D eigenvalue weighted by Crippen LogP contribution is -2.36. The summed E-state index contributed by atoms with van der Waals surface area (Å²) in [4.78, 5) is 1.67. The summed E-state index contributed by atoms with van der Waals surface area (Å²) >= 11 is 0. The fourth-order valence-electron chi connectivity index (χ4n) is 2.76. The Bertz CT molecular complexity index is 608. The highest BCUT2D eigenvalue weighted by Crippen LogP contribution is 2.16. The number of nitrogens with one attached hydrogen (secondary N) is 1. The van der Waals surface area contributed by atoms with Crippen molar-refractivity contribution in [2.45, 2.75) is 31.1 Å². The maximum Gasteiger partial charge on any atom is 0.243 e. The summed E-state index contributed by atoms with van der Waals surface area (Å²) < 4.78 is 52.9. The van der Waals surface area contributed by atoms with Crippen molar-refractivity contribution in [1.82, 2.24) is 9.62 Å². The van der Waals surface area contributed by atoms with Crippen LogP contribution in [0.15, 0.2) is 23.1 Å². The van der Waals surface area contributed by atoms with Gasteiger partial charge in [0.25, 0.3) is 0 Å². The quantitative estimate of drug-likeness (QED) is 0.814. The van der Waals surface area contributed by atoms with Gasteiger partial charge in [0.05, 0.1) is 0 Å². The molecule has 1 heterocycles. The molecule has 0 amide bonds. The zero-order chi connectivity index (χ0) is 16.2. The van der Waals surface area contributed by atoms with E-state index in [1.807, 2.05) is 0 Å². The molecule has 1 fully saturated rings. The van der Waals surface area contributed by atoms with E-state index in [2.05, 4.69) is 16.5 Å². The van der Waals surface area contributed by atoms with Gasteiger partial charge in [0, 0.05) is 13.1 Å². The maximum atomic E-state index is 13.5. The van der Waals surface area contributed by atoms with Gasteiger partial charge in [0.1, 0.15) is 16.5 Å². The molecule has 0 radical (unpaired) electrons. The molecule has 0 aliphatic carbocycles. The minimum atomic E-state index is -4.01. The van der Waals surface area contributed by atoms with Crippen molar-refractivity contribution < 1.29 is 17.2 Å². The van der Waals surface area contributed by atoms with Crippen molar-refractivity contribution in [2.24, 2.45) is 5.92 Å². The first-order valence-corrected chi connectivity index (χ1v) is 9.04. The zero-order valence-corrected chi connectivity index (χ0v) is 13.5. The minimum absolute atomic E-state index is 0.211. The molecule has 1 aliphatic heterocycles. The summed E-state index contributed by atoms with van der Waals surface area (Å²) in [5.74, 6) is -1.05. The van der Waals surface area contributed by atoms with Gasteiger partial charge >= 0.3 is 0 Å². The molecule has 1 N–H and O–H groups in total. The van der Waals surface area contributed by atoms with Gasteiger partial charge in [0.2, 0.25) is 10.0 Å². The first-order valence-electron chi connectivity index (χ1n) is 7.55. The Kier molecular flexibility index (Phi) is 5.88. The van der Waals surface area contributed by atoms with Crippen LogP contribution in [0.1, 0.15) is 26.2 Å². The molecule has 7 heteroatoms. The molecule has 0 unspecified atom stereocenters. The van der Waals surface area contributed by atoms with E-state index in [0.29, 0.717) is 18.4 Å². The summed E-state index contributed by atoms with van der Waals surface area (Å²) in [7, 11) is -4.01. The van der Waals surface area contributed by atoms with E-state index in [1.54, 1.807) is 0 Å². The number of halogens is 2. The second-order valence-corrected chi connectivity index (χ2v) is 7.61. The molecule has 1 atom stereocenters. The Morgan fingerprint density at radius 3 is 2.86 bits per heavy atom. The second kappa shape index (κ2) is 7.48. The molecule has 1 aromatic carbocycles. The standard InChI is InChI=1S/C15H22F2N2O2S/c1-12-4-2-8-19(11-12)9-3-7-18-22(20,21)15-10-13(16)5-6-14(15)17/h5-6,10,12,18H,2-4,7-9,11H2,1H3/t12-/m0/s1. The van der Waals surface area contributed by atoms with Crippen molar-refractivity contribution in [3.05, 3.63) is 29.8 Å². The van der Waals surface area contributed by atoms with Gasteiger partial charge in [-0.05, 0) is 56.5 Å². The first-order chi connectivity index (χ1) is 10.4. The Morgan fingerprint density at radius 2 is 2.14 bits per heavy atom. The molecular weight excluding hydrogens is 310 g/mol. The van der Waals surface area contributed by atoms with Gasteiger partial charge in [-0.25, -0.2) is 21.9 Å². The van der Waals surface area contributed by atoms with Crippen LogP contribution >= 0.6 is 0 Å². The first kappa shape index (κ1) is 17.3. The third kappa shape index (κ3) is 4.72. The van der Waals surface area contributed by atoms with Crippen LogP contribution < -0.4 is 4.72 Å². The molecule has 22 heavy (non-hydrogen) atoms. The second-order valence-electron chi connectivity index (χ2n) is 5.87. The Balaban J connectivity index is 1.84. The van der Waals surface area contributed by atoms with Gasteiger partial charge in [-0.1, -0.05) is 6.92 Å². The number of likely N-dealkylation sites (tertiary alicyclic amines) is 1. The summed E-state index contributed by atoms with van der Waals surface area (Å²) in [5, 5.41) is 0. The van der Waals surface area contributed by atoms with Gasteiger partial charge in [-0.3, -0.25) is 0 Å². The lowest BCUT2D eigenvalue weighted by atomic mass is 10.0. The third-order valence-electron chi connectivity index (χ3n) is 3.87. The van der Waals surface area contributed by atoms with Crippen LogP contribution in [0.25, 0.3) is 0 Å². The highest BCUT2D eigenvalue weighted by Gasteiger charge is 2.20. The van der Waals surface area contributed by atoms with Gasteiger partial charge in [-0.2, -0.15) is 0 Å². The third-order valence-corrected chi connectivity index (χ3v) is 5.34.